The van der Waals surface area contributed by atoms with E-state index in [2.05, 4.69) is 0 Å². The van der Waals surface area contributed by atoms with Gasteiger partial charge < -0.3 is 23.5 Å². The van der Waals surface area contributed by atoms with Gasteiger partial charge >= 0.3 is 84.4 Å². The van der Waals surface area contributed by atoms with Gasteiger partial charge in [-0.2, -0.15) is 0 Å². The van der Waals surface area contributed by atoms with E-state index in [1.807, 2.05) is 0 Å². The van der Waals surface area contributed by atoms with Gasteiger partial charge in [0.1, 0.15) is 0 Å². The Labute approximate surface area is 106 Å². The van der Waals surface area contributed by atoms with Crippen LogP contribution in [0.25, 0.3) is 0 Å². The van der Waals surface area contributed by atoms with Crippen molar-refractivity contribution in [3.8, 4) is 0 Å². The molecule has 0 heterocycles. The summed E-state index contributed by atoms with van der Waals surface area (Å²) in [5, 5.41) is 0. The monoisotopic (exact) mass is 270 g/mol. The molecule has 0 nitrogen and oxygen atoms in total. The molecular weight excluding hydrogens is 272 g/mol. The smallest absolute Gasteiger partial charge is 1.00 e. The largest absolute Gasteiger partial charge is 4.00 e. The summed E-state index contributed by atoms with van der Waals surface area (Å²) in [5.74, 6) is 0. The van der Waals surface area contributed by atoms with Gasteiger partial charge in [-0.1, -0.05) is 0 Å². The summed E-state index contributed by atoms with van der Waals surface area (Å²) < 4.78 is 0. The van der Waals surface area contributed by atoms with Crippen LogP contribution in [0.4, 0.5) is 0 Å². The summed E-state index contributed by atoms with van der Waals surface area (Å²) in [6, 6.07) is 0. The second-order valence-electron chi connectivity index (χ2n) is 0. The van der Waals surface area contributed by atoms with Crippen molar-refractivity contribution in [3.05, 3.63) is 0 Å². The van der Waals surface area contributed by atoms with Crippen molar-refractivity contribution >= 4 is 0 Å². The molecule has 0 bridgehead atoms. The van der Waals surface area contributed by atoms with Crippen molar-refractivity contribution in [2.75, 3.05) is 0 Å². The molecule has 0 N–H and O–H groups in total. The van der Waals surface area contributed by atoms with Gasteiger partial charge in [-0.05, 0) is 0 Å². The zero-order chi connectivity index (χ0) is 0. The summed E-state index contributed by atoms with van der Waals surface area (Å²) in [6.07, 6.45) is 0. The summed E-state index contributed by atoms with van der Waals surface area (Å²) >= 11 is 0. The molecule has 40 valence electrons. The average molecular weight is 272 g/mol. The molecule has 0 aromatic rings. The van der Waals surface area contributed by atoms with Gasteiger partial charge in [0.15, 0.2) is 0 Å². The van der Waals surface area contributed by atoms with Crippen molar-refractivity contribution in [2.24, 2.45) is 0 Å². The van der Waals surface area contributed by atoms with E-state index in [1.54, 1.807) is 0 Å². The van der Waals surface area contributed by atoms with Gasteiger partial charge in [-0.3, -0.25) is 0 Å². The van der Waals surface area contributed by atoms with Crippen LogP contribution >= 0.6 is 0 Å². The van der Waals surface area contributed by atoms with Gasteiger partial charge in [-0.25, -0.2) is 0 Å². The SMILES string of the molecule is [F-].[F-].[F-].[F-].[F-].[Rb+].[Zr+4]. The van der Waals surface area contributed by atoms with E-state index in [1.165, 1.54) is 0 Å². The van der Waals surface area contributed by atoms with E-state index in [0.29, 0.717) is 0 Å². The minimum Gasteiger partial charge on any atom is -1.00 e. The van der Waals surface area contributed by atoms with Crippen LogP contribution in [0, 0.1) is 0 Å². The number of hydrogen-bond donors (Lipinski definition) is 0. The van der Waals surface area contributed by atoms with Crippen LogP contribution in [0.1, 0.15) is 0 Å². The van der Waals surface area contributed by atoms with E-state index in [0.717, 1.165) is 0 Å². The predicted octanol–water partition coefficient (Wildman–Crippen LogP) is -18.0. The molecule has 0 rings (SSSR count). The van der Waals surface area contributed by atoms with Crippen LogP contribution in [0.5, 0.6) is 0 Å². The maximum atomic E-state index is 0. The Balaban J connectivity index is 0. The molecule has 0 aliphatic rings. The van der Waals surface area contributed by atoms with Gasteiger partial charge in [0.25, 0.3) is 0 Å². The molecule has 0 spiro atoms. The van der Waals surface area contributed by atoms with E-state index in [4.69, 9.17) is 0 Å². The van der Waals surface area contributed by atoms with Crippen LogP contribution in [0.2, 0.25) is 0 Å². The fourth-order valence-corrected chi connectivity index (χ4v) is 0. The van der Waals surface area contributed by atoms with Gasteiger partial charge in [0.2, 0.25) is 0 Å². The van der Waals surface area contributed by atoms with E-state index in [9.17, 15) is 0 Å². The Morgan fingerprint density at radius 3 is 0.429 bits per heavy atom. The fraction of sp³-hybridized carbons (Fsp3) is 0. The molecule has 0 saturated heterocycles. The first-order valence-corrected chi connectivity index (χ1v) is 0. The van der Waals surface area contributed by atoms with Gasteiger partial charge in [0, 0.05) is 0 Å². The standard InChI is InChI=1S/5FH.Rb.Zr/h5*1H;;/q;;;;;+1;+4/p-5. The van der Waals surface area contributed by atoms with Crippen molar-refractivity contribution in [3.63, 3.8) is 0 Å². The normalized spacial score (nSPS) is 0. The Morgan fingerprint density at radius 1 is 0.429 bits per heavy atom. The first kappa shape index (κ1) is 119. The Hall–Kier alpha value is 2.34. The van der Waals surface area contributed by atoms with Crippen LogP contribution in [0.15, 0.2) is 0 Å². The summed E-state index contributed by atoms with van der Waals surface area (Å²) in [5.41, 5.74) is 0. The second-order valence-corrected chi connectivity index (χ2v) is 0. The van der Waals surface area contributed by atoms with Crippen LogP contribution in [-0.4, -0.2) is 0 Å². The van der Waals surface area contributed by atoms with Crippen LogP contribution in [-0.2, 0) is 26.2 Å². The van der Waals surface area contributed by atoms with Crippen LogP contribution in [0.3, 0.4) is 0 Å². The van der Waals surface area contributed by atoms with E-state index >= 15 is 0 Å². The fourth-order valence-electron chi connectivity index (χ4n) is 0. The third-order valence-electron chi connectivity index (χ3n) is 0. The van der Waals surface area contributed by atoms with E-state index < -0.39 is 0 Å². The maximum Gasteiger partial charge on any atom is 4.00 e. The third kappa shape index (κ3) is 61.3. The molecule has 7 heavy (non-hydrogen) atoms. The Bertz CT molecular complexity index is 8.04. The quantitative estimate of drug-likeness (QED) is 0.384. The van der Waals surface area contributed by atoms with Crippen molar-refractivity contribution in [1.29, 1.82) is 0 Å². The summed E-state index contributed by atoms with van der Waals surface area (Å²) in [4.78, 5) is 0. The molecule has 0 saturated carbocycles. The molecule has 0 amide bonds. The average Bonchev–Trinajstić information content (AvgIpc) is 0. The van der Waals surface area contributed by atoms with Crippen LogP contribution < -0.4 is 81.7 Å². The minimum atomic E-state index is 0. The predicted molar refractivity (Wildman–Crippen MR) is 0 cm³/mol. The molecule has 0 aromatic carbocycles. The molecule has 0 aliphatic carbocycles. The van der Waals surface area contributed by atoms with Crippen molar-refractivity contribution < 1.29 is 108 Å². The van der Waals surface area contributed by atoms with Crippen molar-refractivity contribution in [1.82, 2.24) is 0 Å². The van der Waals surface area contributed by atoms with Gasteiger partial charge in [0.05, 0.1) is 0 Å². The summed E-state index contributed by atoms with van der Waals surface area (Å²) in [6.45, 7) is 0. The molecule has 0 radical (unpaired) electrons. The number of hydrogen-bond acceptors (Lipinski definition) is 0. The Morgan fingerprint density at radius 2 is 0.429 bits per heavy atom. The maximum absolute atomic E-state index is 0. The Kier molecular flexibility index (Phi) is 1390. The molecule has 0 aromatic heterocycles. The zero-order valence-corrected chi connectivity index (χ0v) is 10.8. The first-order valence-electron chi connectivity index (χ1n) is 0. The molecule has 0 atom stereocenters. The summed E-state index contributed by atoms with van der Waals surface area (Å²) in [7, 11) is 0. The number of halogens is 5. The third-order valence-corrected chi connectivity index (χ3v) is 0. The zero-order valence-electron chi connectivity index (χ0n) is 3.39. The topological polar surface area (TPSA) is 0 Å². The second kappa shape index (κ2) is 82.1. The van der Waals surface area contributed by atoms with E-state index in [-0.39, 0.29) is 108 Å². The molecule has 0 fully saturated rings. The molecule has 0 unspecified atom stereocenters. The molecular formula is F5RbZr. The van der Waals surface area contributed by atoms with Gasteiger partial charge in [-0.15, -0.1) is 0 Å². The molecule has 7 heteroatoms. The minimum absolute atomic E-state index is 0. The molecule has 0 aliphatic heterocycles. The number of rotatable bonds is 0. The van der Waals surface area contributed by atoms with Crippen molar-refractivity contribution in [2.45, 2.75) is 0 Å². The first-order chi connectivity index (χ1) is 0.